The fourth-order valence-electron chi connectivity index (χ4n) is 3.90. The van der Waals surface area contributed by atoms with Crippen molar-refractivity contribution < 1.29 is 22.7 Å². The molecule has 1 aliphatic rings. The summed E-state index contributed by atoms with van der Waals surface area (Å²) in [5.41, 5.74) is 2.52. The summed E-state index contributed by atoms with van der Waals surface area (Å²) in [6, 6.07) is 13.6. The number of hydrogen-bond acceptors (Lipinski definition) is 6. The summed E-state index contributed by atoms with van der Waals surface area (Å²) >= 11 is 0. The van der Waals surface area contributed by atoms with Crippen LogP contribution in [0.25, 0.3) is 0 Å². The maximum Gasteiger partial charge on any atom is 0.338 e. The normalized spacial score (nSPS) is 16.2. The van der Waals surface area contributed by atoms with Crippen LogP contribution in [0.2, 0.25) is 0 Å². The largest absolute Gasteiger partial charge is 0.462 e. The number of esters is 1. The molecule has 2 aromatic carbocycles. The molecule has 0 saturated carbocycles. The van der Waals surface area contributed by atoms with Gasteiger partial charge in [-0.1, -0.05) is 24.3 Å². The van der Waals surface area contributed by atoms with Crippen molar-refractivity contribution in [2.45, 2.75) is 31.7 Å². The van der Waals surface area contributed by atoms with Crippen molar-refractivity contribution in [3.8, 4) is 0 Å². The number of benzene rings is 2. The lowest BCUT2D eigenvalue weighted by Crippen LogP contribution is -2.51. The fraction of sp³-hybridized carbons (Fsp3) is 0.417. The highest BCUT2D eigenvalue weighted by atomic mass is 32.2. The molecule has 1 fully saturated rings. The molecule has 0 bridgehead atoms. The number of nitrogens with zero attached hydrogens (tertiary/aromatic N) is 2. The molecular formula is C24H31N3O5S. The molecule has 0 unspecified atom stereocenters. The van der Waals surface area contributed by atoms with Crippen LogP contribution in [0.15, 0.2) is 53.4 Å². The summed E-state index contributed by atoms with van der Waals surface area (Å²) in [4.78, 5) is 26.4. The summed E-state index contributed by atoms with van der Waals surface area (Å²) in [6.07, 6.45) is 0. The van der Waals surface area contributed by atoms with Crippen molar-refractivity contribution >= 4 is 21.9 Å². The Morgan fingerprint density at radius 1 is 1.03 bits per heavy atom. The molecule has 0 aromatic heterocycles. The molecule has 9 heteroatoms. The number of amides is 1. The highest BCUT2D eigenvalue weighted by molar-refractivity contribution is 7.89. The van der Waals surface area contributed by atoms with Gasteiger partial charge in [0.25, 0.3) is 0 Å². The second-order valence-electron chi connectivity index (χ2n) is 8.07. The number of piperazine rings is 1. The molecule has 0 spiro atoms. The number of rotatable bonds is 8. The Balaban J connectivity index is 1.53. The molecule has 178 valence electrons. The van der Waals surface area contributed by atoms with Crippen LogP contribution in [0.4, 0.5) is 0 Å². The Bertz CT molecular complexity index is 1080. The van der Waals surface area contributed by atoms with Crippen LogP contribution in [0.3, 0.4) is 0 Å². The smallest absolute Gasteiger partial charge is 0.338 e. The van der Waals surface area contributed by atoms with Crippen molar-refractivity contribution in [3.63, 3.8) is 0 Å². The van der Waals surface area contributed by atoms with Crippen molar-refractivity contribution in [1.82, 2.24) is 14.5 Å². The predicted molar refractivity (Wildman–Crippen MR) is 125 cm³/mol. The predicted octanol–water partition coefficient (Wildman–Crippen LogP) is 2.36. The van der Waals surface area contributed by atoms with Gasteiger partial charge in [0.15, 0.2) is 0 Å². The van der Waals surface area contributed by atoms with E-state index in [-0.39, 0.29) is 30.0 Å². The molecule has 33 heavy (non-hydrogen) atoms. The Kier molecular flexibility index (Phi) is 8.23. The van der Waals surface area contributed by atoms with E-state index in [1.54, 1.807) is 6.92 Å². The summed E-state index contributed by atoms with van der Waals surface area (Å²) in [7, 11) is -3.67. The van der Waals surface area contributed by atoms with E-state index in [1.165, 1.54) is 28.6 Å². The van der Waals surface area contributed by atoms with Crippen LogP contribution in [-0.2, 0) is 19.6 Å². The SMILES string of the molecule is CCOC(=O)c1ccc(S(=O)(=O)N2CCN(CC(=O)N[C@@H](C)c3ccccc3C)CC2)cc1. The standard InChI is InChI=1S/C24H31N3O5S/c1-4-32-24(29)20-9-11-21(12-10-20)33(30,31)27-15-13-26(14-16-27)17-23(28)25-19(3)22-8-6-5-7-18(22)2/h5-12,19H,4,13-17H2,1-3H3,(H,25,28)/t19-/m0/s1. The van der Waals surface area contributed by atoms with Crippen molar-refractivity contribution in [3.05, 3.63) is 65.2 Å². The first-order valence-corrected chi connectivity index (χ1v) is 12.5. The Hall–Kier alpha value is -2.75. The van der Waals surface area contributed by atoms with E-state index in [0.29, 0.717) is 31.7 Å². The van der Waals surface area contributed by atoms with Crippen molar-refractivity contribution in [2.24, 2.45) is 0 Å². The number of aryl methyl sites for hydroxylation is 1. The van der Waals surface area contributed by atoms with E-state index < -0.39 is 16.0 Å². The van der Waals surface area contributed by atoms with Gasteiger partial charge in [-0.3, -0.25) is 9.69 Å². The monoisotopic (exact) mass is 473 g/mol. The Morgan fingerprint density at radius 3 is 2.27 bits per heavy atom. The molecule has 1 saturated heterocycles. The number of ether oxygens (including phenoxy) is 1. The van der Waals surface area contributed by atoms with Gasteiger partial charge in [0, 0.05) is 26.2 Å². The topological polar surface area (TPSA) is 96.0 Å². The molecule has 8 nitrogen and oxygen atoms in total. The van der Waals surface area contributed by atoms with E-state index in [1.807, 2.05) is 43.0 Å². The average Bonchev–Trinajstić information content (AvgIpc) is 2.80. The van der Waals surface area contributed by atoms with Crippen molar-refractivity contribution in [2.75, 3.05) is 39.3 Å². The maximum atomic E-state index is 13.0. The summed E-state index contributed by atoms with van der Waals surface area (Å²) in [5.74, 6) is -0.568. The summed E-state index contributed by atoms with van der Waals surface area (Å²) in [5, 5.41) is 3.02. The molecule has 1 heterocycles. The van der Waals surface area contributed by atoms with Crippen LogP contribution in [-0.4, -0.2) is 68.8 Å². The summed E-state index contributed by atoms with van der Waals surface area (Å²) < 4.78 is 32.3. The second-order valence-corrected chi connectivity index (χ2v) is 10.0. The number of nitrogens with one attached hydrogen (secondary N) is 1. The van der Waals surface area contributed by atoms with E-state index in [0.717, 1.165) is 11.1 Å². The van der Waals surface area contributed by atoms with Gasteiger partial charge in [-0.15, -0.1) is 0 Å². The first-order chi connectivity index (χ1) is 15.7. The van der Waals surface area contributed by atoms with Gasteiger partial charge in [0.1, 0.15) is 0 Å². The molecule has 0 aliphatic carbocycles. The van der Waals surface area contributed by atoms with Crippen molar-refractivity contribution in [1.29, 1.82) is 0 Å². The van der Waals surface area contributed by atoms with Crippen LogP contribution in [0.1, 0.15) is 41.4 Å². The minimum Gasteiger partial charge on any atom is -0.462 e. The molecule has 1 N–H and O–H groups in total. The lowest BCUT2D eigenvalue weighted by atomic mass is 10.0. The zero-order valence-corrected chi connectivity index (χ0v) is 20.1. The minimum atomic E-state index is -3.67. The lowest BCUT2D eigenvalue weighted by molar-refractivity contribution is -0.123. The molecule has 1 atom stereocenters. The first-order valence-electron chi connectivity index (χ1n) is 11.1. The van der Waals surface area contributed by atoms with Gasteiger partial charge >= 0.3 is 5.97 Å². The molecule has 1 amide bonds. The van der Waals surface area contributed by atoms with E-state index >= 15 is 0 Å². The fourth-order valence-corrected chi connectivity index (χ4v) is 5.32. The van der Waals surface area contributed by atoms with E-state index in [9.17, 15) is 18.0 Å². The minimum absolute atomic E-state index is 0.0865. The Labute approximate surface area is 195 Å². The molecule has 3 rings (SSSR count). The third kappa shape index (κ3) is 6.19. The van der Waals surface area contributed by atoms with Gasteiger partial charge < -0.3 is 10.1 Å². The van der Waals surface area contributed by atoms with Gasteiger partial charge in [0.05, 0.1) is 29.7 Å². The van der Waals surface area contributed by atoms with E-state index in [2.05, 4.69) is 5.32 Å². The highest BCUT2D eigenvalue weighted by Crippen LogP contribution is 2.19. The highest BCUT2D eigenvalue weighted by Gasteiger charge is 2.29. The number of carbonyl (C=O) groups excluding carboxylic acids is 2. The first kappa shape index (κ1) is 24.9. The van der Waals surface area contributed by atoms with Crippen LogP contribution < -0.4 is 5.32 Å². The quantitative estimate of drug-likeness (QED) is 0.592. The second kappa shape index (κ2) is 10.9. The Morgan fingerprint density at radius 2 is 1.67 bits per heavy atom. The van der Waals surface area contributed by atoms with Gasteiger partial charge in [0.2, 0.25) is 15.9 Å². The number of carbonyl (C=O) groups is 2. The average molecular weight is 474 g/mol. The maximum absolute atomic E-state index is 13.0. The van der Waals surface area contributed by atoms with Gasteiger partial charge in [-0.25, -0.2) is 13.2 Å². The number of sulfonamides is 1. The molecule has 2 aromatic rings. The zero-order valence-electron chi connectivity index (χ0n) is 19.3. The zero-order chi connectivity index (χ0) is 24.0. The third-order valence-corrected chi connectivity index (χ3v) is 7.65. The third-order valence-electron chi connectivity index (χ3n) is 5.73. The number of hydrogen-bond donors (Lipinski definition) is 1. The van der Waals surface area contributed by atoms with Gasteiger partial charge in [-0.05, 0) is 56.2 Å². The van der Waals surface area contributed by atoms with Crippen LogP contribution in [0.5, 0.6) is 0 Å². The molecule has 1 aliphatic heterocycles. The van der Waals surface area contributed by atoms with E-state index in [4.69, 9.17) is 4.74 Å². The lowest BCUT2D eigenvalue weighted by Gasteiger charge is -2.33. The van der Waals surface area contributed by atoms with Gasteiger partial charge in [-0.2, -0.15) is 4.31 Å². The molecular weight excluding hydrogens is 442 g/mol. The van der Waals surface area contributed by atoms with Crippen LogP contribution in [0, 0.1) is 6.92 Å². The van der Waals surface area contributed by atoms with Crippen LogP contribution >= 0.6 is 0 Å². The summed E-state index contributed by atoms with van der Waals surface area (Å²) in [6.45, 7) is 7.68. The molecule has 0 radical (unpaired) electrons.